The van der Waals surface area contributed by atoms with E-state index >= 15 is 0 Å². The Morgan fingerprint density at radius 1 is 0.704 bits per heavy atom. The molecule has 27 heavy (non-hydrogen) atoms. The van der Waals surface area contributed by atoms with Gasteiger partial charge in [0.15, 0.2) is 0 Å². The van der Waals surface area contributed by atoms with Gasteiger partial charge in [0.1, 0.15) is 0 Å². The van der Waals surface area contributed by atoms with E-state index in [1.807, 2.05) is 0 Å². The van der Waals surface area contributed by atoms with Crippen LogP contribution in [0.5, 0.6) is 0 Å². The smallest absolute Gasteiger partial charge is 0.299 e. The molecule has 0 saturated heterocycles. The number of hydrogen-bond donors (Lipinski definition) is 2. The van der Waals surface area contributed by atoms with E-state index in [2.05, 4.69) is 10.9 Å². The highest BCUT2D eigenvalue weighted by Crippen LogP contribution is 2.38. The molecule has 14 nitrogen and oxygen atoms in total. The predicted octanol–water partition coefficient (Wildman–Crippen LogP) is 3.41. The quantitative estimate of drug-likeness (QED) is 0.514. The van der Waals surface area contributed by atoms with Crippen molar-refractivity contribution in [2.75, 3.05) is 10.9 Å². The second kappa shape index (κ2) is 7.44. The summed E-state index contributed by atoms with van der Waals surface area (Å²) in [6.45, 7) is 0. The molecule has 0 aromatic heterocycles. The number of nitro benzene ring substituents is 4. The van der Waals surface area contributed by atoms with Crippen molar-refractivity contribution in [3.05, 3.63) is 75.8 Å². The molecule has 0 amide bonds. The minimum Gasteiger partial charge on any atom is -0.299 e. The highest BCUT2D eigenvalue weighted by atomic mass is 35.5. The van der Waals surface area contributed by atoms with Crippen LogP contribution in [0, 0.1) is 40.5 Å². The number of hydrazine groups is 1. The van der Waals surface area contributed by atoms with Crippen molar-refractivity contribution in [1.29, 1.82) is 0 Å². The molecule has 0 bridgehead atoms. The average Bonchev–Trinajstić information content (AvgIpc) is 2.59. The summed E-state index contributed by atoms with van der Waals surface area (Å²) in [5.74, 6) is 0. The van der Waals surface area contributed by atoms with Crippen molar-refractivity contribution in [3.63, 3.8) is 0 Å². The molecule has 2 N–H and O–H groups in total. The molecule has 0 heterocycles. The molecule has 0 aliphatic rings. The first-order valence-electron chi connectivity index (χ1n) is 6.69. The number of rotatable bonds is 7. The molecule has 0 radical (unpaired) electrons. The molecule has 0 saturated carbocycles. The van der Waals surface area contributed by atoms with Gasteiger partial charge in [0.25, 0.3) is 11.4 Å². The second-order valence-electron chi connectivity index (χ2n) is 4.80. The third-order valence-electron chi connectivity index (χ3n) is 3.17. The summed E-state index contributed by atoms with van der Waals surface area (Å²) in [5.41, 5.74) is 0.893. The Morgan fingerprint density at radius 2 is 1.22 bits per heavy atom. The topological polar surface area (TPSA) is 197 Å². The van der Waals surface area contributed by atoms with Crippen LogP contribution in [0.4, 0.5) is 34.1 Å². The lowest BCUT2D eigenvalue weighted by Gasteiger charge is -2.11. The zero-order valence-corrected chi connectivity index (χ0v) is 13.6. The second-order valence-corrected chi connectivity index (χ2v) is 5.21. The van der Waals surface area contributed by atoms with Crippen molar-refractivity contribution >= 4 is 45.7 Å². The van der Waals surface area contributed by atoms with Crippen LogP contribution >= 0.6 is 11.6 Å². The molecule has 2 aromatic rings. The number of non-ortho nitro benzene ring substituents is 2. The largest absolute Gasteiger partial charge is 0.308 e. The van der Waals surface area contributed by atoms with Crippen molar-refractivity contribution < 1.29 is 19.7 Å². The fourth-order valence-electron chi connectivity index (χ4n) is 1.97. The molecule has 0 atom stereocenters. The van der Waals surface area contributed by atoms with Crippen LogP contribution in [-0.4, -0.2) is 19.7 Å². The molecule has 0 aliphatic carbocycles. The summed E-state index contributed by atoms with van der Waals surface area (Å²) in [5, 5.41) is 43.7. The molecule has 2 rings (SSSR count). The van der Waals surface area contributed by atoms with Gasteiger partial charge in [-0.25, -0.2) is 0 Å². The number of nitrogens with zero attached hydrogens (tertiary/aromatic N) is 4. The van der Waals surface area contributed by atoms with Gasteiger partial charge in [-0.05, 0) is 6.07 Å². The monoisotopic (exact) mass is 398 g/mol. The van der Waals surface area contributed by atoms with Crippen molar-refractivity contribution in [3.8, 4) is 0 Å². The summed E-state index contributed by atoms with van der Waals surface area (Å²) in [4.78, 5) is 40.0. The van der Waals surface area contributed by atoms with E-state index in [1.165, 1.54) is 0 Å². The first kappa shape index (κ1) is 19.3. The van der Waals surface area contributed by atoms with Gasteiger partial charge < -0.3 is 0 Å². The SMILES string of the molecule is O=[N+]([O-])c1ccc(NNc2c([N+](=O)[O-])cc([N+](=O)[O-])cc2[N+](=O)[O-])c(Cl)c1. The first-order chi connectivity index (χ1) is 12.6. The Labute approximate surface area is 152 Å². The summed E-state index contributed by atoms with van der Waals surface area (Å²) in [6, 6.07) is 4.33. The molecule has 15 heteroatoms. The molecule has 0 unspecified atom stereocenters. The van der Waals surface area contributed by atoms with E-state index in [0.29, 0.717) is 12.1 Å². The number of hydrogen-bond acceptors (Lipinski definition) is 10. The Kier molecular flexibility index (Phi) is 5.31. The third kappa shape index (κ3) is 4.13. The van der Waals surface area contributed by atoms with E-state index in [0.717, 1.165) is 18.2 Å². The van der Waals surface area contributed by atoms with Crippen LogP contribution in [0.3, 0.4) is 0 Å². The zero-order valence-electron chi connectivity index (χ0n) is 12.8. The van der Waals surface area contributed by atoms with Crippen LogP contribution in [-0.2, 0) is 0 Å². The van der Waals surface area contributed by atoms with Crippen LogP contribution in [0.2, 0.25) is 5.02 Å². The van der Waals surface area contributed by atoms with E-state index in [-0.39, 0.29) is 16.4 Å². The fourth-order valence-corrected chi connectivity index (χ4v) is 2.19. The maximum absolute atomic E-state index is 11.2. The van der Waals surface area contributed by atoms with E-state index in [4.69, 9.17) is 11.6 Å². The van der Waals surface area contributed by atoms with E-state index in [1.54, 1.807) is 0 Å². The van der Waals surface area contributed by atoms with Crippen LogP contribution in [0.1, 0.15) is 0 Å². The van der Waals surface area contributed by atoms with Crippen molar-refractivity contribution in [2.24, 2.45) is 0 Å². The average molecular weight is 399 g/mol. The Bertz CT molecular complexity index is 945. The maximum atomic E-state index is 11.2. The molecular weight excluding hydrogens is 392 g/mol. The van der Waals surface area contributed by atoms with Gasteiger partial charge in [0, 0.05) is 12.1 Å². The number of nitro groups is 4. The summed E-state index contributed by atoms with van der Waals surface area (Å²) < 4.78 is 0. The van der Waals surface area contributed by atoms with Gasteiger partial charge >= 0.3 is 11.4 Å². The molecule has 140 valence electrons. The third-order valence-corrected chi connectivity index (χ3v) is 3.48. The van der Waals surface area contributed by atoms with Crippen LogP contribution in [0.15, 0.2) is 30.3 Å². The van der Waals surface area contributed by atoms with Gasteiger partial charge in [-0.2, -0.15) is 0 Å². The zero-order chi connectivity index (χ0) is 20.3. The predicted molar refractivity (Wildman–Crippen MR) is 91.8 cm³/mol. The number of benzene rings is 2. The summed E-state index contributed by atoms with van der Waals surface area (Å²) in [7, 11) is 0. The Hall–Kier alpha value is -4.07. The van der Waals surface area contributed by atoms with Gasteiger partial charge in [0.05, 0.1) is 42.5 Å². The minimum atomic E-state index is -1.04. The highest BCUT2D eigenvalue weighted by molar-refractivity contribution is 6.33. The molecule has 0 fully saturated rings. The molecular formula is C12H7ClN6O8. The fraction of sp³-hybridized carbons (Fsp3) is 0. The van der Waals surface area contributed by atoms with Gasteiger partial charge in [-0.15, -0.1) is 0 Å². The number of nitrogens with one attached hydrogen (secondary N) is 2. The lowest BCUT2D eigenvalue weighted by Crippen LogP contribution is -2.13. The van der Waals surface area contributed by atoms with E-state index < -0.39 is 42.4 Å². The standard InChI is InChI=1S/C12H7ClN6O8/c13-8-3-6(16(20)21)1-2-9(8)14-15-12-10(18(24)25)4-7(17(22)23)5-11(12)19(26)27/h1-5,14-15H. The molecule has 0 aliphatic heterocycles. The van der Waals surface area contributed by atoms with Crippen molar-refractivity contribution in [1.82, 2.24) is 0 Å². The molecule has 2 aromatic carbocycles. The minimum absolute atomic E-state index is 0.0178. The van der Waals surface area contributed by atoms with Gasteiger partial charge in [0.2, 0.25) is 5.69 Å². The van der Waals surface area contributed by atoms with Crippen LogP contribution in [0.25, 0.3) is 0 Å². The lowest BCUT2D eigenvalue weighted by molar-refractivity contribution is -0.401. The lowest BCUT2D eigenvalue weighted by atomic mass is 10.2. The maximum Gasteiger partial charge on any atom is 0.308 e. The van der Waals surface area contributed by atoms with Crippen LogP contribution < -0.4 is 10.9 Å². The highest BCUT2D eigenvalue weighted by Gasteiger charge is 2.30. The van der Waals surface area contributed by atoms with E-state index in [9.17, 15) is 40.5 Å². The van der Waals surface area contributed by atoms with Gasteiger partial charge in [-0.1, -0.05) is 11.6 Å². The summed E-state index contributed by atoms with van der Waals surface area (Å²) >= 11 is 5.85. The summed E-state index contributed by atoms with van der Waals surface area (Å²) in [6.07, 6.45) is 0. The number of anilines is 2. The molecule has 0 spiro atoms. The Morgan fingerprint density at radius 3 is 1.63 bits per heavy atom. The van der Waals surface area contributed by atoms with Gasteiger partial charge in [-0.3, -0.25) is 51.3 Å². The normalized spacial score (nSPS) is 10.1. The Balaban J connectivity index is 2.46. The number of halogens is 1. The first-order valence-corrected chi connectivity index (χ1v) is 7.06. The van der Waals surface area contributed by atoms with Crippen molar-refractivity contribution in [2.45, 2.75) is 0 Å².